The second kappa shape index (κ2) is 7.95. The smallest absolute Gasteiger partial charge is 0.229 e. The van der Waals surface area contributed by atoms with Gasteiger partial charge in [-0.15, -0.1) is 0 Å². The molecule has 1 aromatic carbocycles. The summed E-state index contributed by atoms with van der Waals surface area (Å²) in [6.45, 7) is 0.901. The van der Waals surface area contributed by atoms with Crippen LogP contribution in [0.4, 0.5) is 17.5 Å². The van der Waals surface area contributed by atoms with E-state index in [0.29, 0.717) is 5.95 Å². The molecule has 1 aliphatic carbocycles. The van der Waals surface area contributed by atoms with Crippen molar-refractivity contribution in [2.45, 2.75) is 32.1 Å². The molecule has 0 bridgehead atoms. The Balaban J connectivity index is 1.43. The molecule has 2 heterocycles. The highest BCUT2D eigenvalue weighted by Crippen LogP contribution is 2.23. The van der Waals surface area contributed by atoms with E-state index in [-0.39, 0.29) is 0 Å². The topological polar surface area (TPSA) is 62.7 Å². The number of para-hydroxylation sites is 1. The number of fused-ring (bicyclic) bond motifs is 1. The second-order valence-corrected chi connectivity index (χ2v) is 6.56. The SMILES string of the molecule is C1=C(CCNc2ccnc(Nc3cccc4cccnc34)n2)CCCC1. The average molecular weight is 345 g/mol. The molecule has 0 saturated carbocycles. The van der Waals surface area contributed by atoms with Crippen molar-refractivity contribution in [1.82, 2.24) is 15.0 Å². The third kappa shape index (κ3) is 3.99. The highest BCUT2D eigenvalue weighted by Gasteiger charge is 2.06. The fourth-order valence-electron chi connectivity index (χ4n) is 3.33. The zero-order valence-corrected chi connectivity index (χ0v) is 14.8. The van der Waals surface area contributed by atoms with Crippen molar-refractivity contribution in [3.63, 3.8) is 0 Å². The highest BCUT2D eigenvalue weighted by atomic mass is 15.1. The summed E-state index contributed by atoms with van der Waals surface area (Å²) in [5.41, 5.74) is 3.40. The zero-order chi connectivity index (χ0) is 17.6. The normalized spacial score (nSPS) is 14.1. The molecule has 26 heavy (non-hydrogen) atoms. The first-order valence-electron chi connectivity index (χ1n) is 9.24. The molecule has 0 unspecified atom stereocenters. The number of benzene rings is 1. The number of pyridine rings is 1. The molecular formula is C21H23N5. The number of anilines is 3. The molecule has 3 aromatic rings. The number of hydrogen-bond acceptors (Lipinski definition) is 5. The minimum absolute atomic E-state index is 0.574. The summed E-state index contributed by atoms with van der Waals surface area (Å²) in [5, 5.41) is 7.79. The molecule has 0 amide bonds. The number of aromatic nitrogens is 3. The Kier molecular flexibility index (Phi) is 5.05. The molecule has 5 nitrogen and oxygen atoms in total. The first kappa shape index (κ1) is 16.5. The van der Waals surface area contributed by atoms with E-state index in [4.69, 9.17) is 0 Å². The van der Waals surface area contributed by atoms with Crippen LogP contribution >= 0.6 is 0 Å². The van der Waals surface area contributed by atoms with Gasteiger partial charge in [-0.05, 0) is 50.3 Å². The molecule has 0 fully saturated rings. The largest absolute Gasteiger partial charge is 0.370 e. The fourth-order valence-corrected chi connectivity index (χ4v) is 3.33. The molecule has 2 N–H and O–H groups in total. The fraction of sp³-hybridized carbons (Fsp3) is 0.286. The van der Waals surface area contributed by atoms with E-state index >= 15 is 0 Å². The van der Waals surface area contributed by atoms with Crippen LogP contribution in [-0.4, -0.2) is 21.5 Å². The molecular weight excluding hydrogens is 322 g/mol. The maximum absolute atomic E-state index is 4.58. The Hall–Kier alpha value is -2.95. The van der Waals surface area contributed by atoms with Crippen LogP contribution in [0.2, 0.25) is 0 Å². The summed E-state index contributed by atoms with van der Waals surface area (Å²) >= 11 is 0. The molecule has 5 heteroatoms. The van der Waals surface area contributed by atoms with Crippen molar-refractivity contribution in [1.29, 1.82) is 0 Å². The van der Waals surface area contributed by atoms with Gasteiger partial charge in [0.25, 0.3) is 0 Å². The number of nitrogens with one attached hydrogen (secondary N) is 2. The van der Waals surface area contributed by atoms with Crippen LogP contribution in [0.15, 0.2) is 60.4 Å². The lowest BCUT2D eigenvalue weighted by Crippen LogP contribution is -2.07. The van der Waals surface area contributed by atoms with E-state index in [2.05, 4.69) is 31.7 Å². The lowest BCUT2D eigenvalue weighted by Gasteiger charge is -2.13. The molecule has 0 spiro atoms. The van der Waals surface area contributed by atoms with Crippen molar-refractivity contribution >= 4 is 28.4 Å². The molecule has 0 saturated heterocycles. The number of nitrogens with zero attached hydrogens (tertiary/aromatic N) is 3. The van der Waals surface area contributed by atoms with Gasteiger partial charge in [0.1, 0.15) is 5.82 Å². The zero-order valence-electron chi connectivity index (χ0n) is 14.8. The first-order chi connectivity index (χ1) is 12.9. The predicted octanol–water partition coefficient (Wildman–Crippen LogP) is 5.07. The standard InChI is InChI=1S/C21H23N5/c1-2-6-16(7-3-1)11-14-22-19-12-15-24-21(26-19)25-18-10-4-8-17-9-5-13-23-20(17)18/h4-6,8-10,12-13,15H,1-3,7,11,14H2,(H2,22,24,25,26). The monoisotopic (exact) mass is 345 g/mol. The Labute approximate surface area is 153 Å². The Morgan fingerprint density at radius 2 is 1.92 bits per heavy atom. The van der Waals surface area contributed by atoms with Crippen LogP contribution in [-0.2, 0) is 0 Å². The van der Waals surface area contributed by atoms with E-state index < -0.39 is 0 Å². The van der Waals surface area contributed by atoms with Crippen molar-refractivity contribution in [3.8, 4) is 0 Å². The minimum Gasteiger partial charge on any atom is -0.370 e. The average Bonchev–Trinajstić information content (AvgIpc) is 2.70. The summed E-state index contributed by atoms with van der Waals surface area (Å²) in [7, 11) is 0. The minimum atomic E-state index is 0.574. The summed E-state index contributed by atoms with van der Waals surface area (Å²) in [6.07, 6.45) is 12.2. The maximum Gasteiger partial charge on any atom is 0.229 e. The van der Waals surface area contributed by atoms with Gasteiger partial charge in [0.2, 0.25) is 5.95 Å². The molecule has 2 aromatic heterocycles. The van der Waals surface area contributed by atoms with E-state index in [0.717, 1.165) is 35.4 Å². The lowest BCUT2D eigenvalue weighted by atomic mass is 9.97. The van der Waals surface area contributed by atoms with Crippen molar-refractivity contribution in [2.75, 3.05) is 17.2 Å². The third-order valence-electron chi connectivity index (χ3n) is 4.67. The first-order valence-corrected chi connectivity index (χ1v) is 9.24. The van der Waals surface area contributed by atoms with E-state index in [1.165, 1.54) is 25.7 Å². The van der Waals surface area contributed by atoms with Crippen LogP contribution in [0.1, 0.15) is 32.1 Å². The van der Waals surface area contributed by atoms with Gasteiger partial charge in [0.15, 0.2) is 0 Å². The van der Waals surface area contributed by atoms with E-state index in [1.54, 1.807) is 18.0 Å². The summed E-state index contributed by atoms with van der Waals surface area (Å²) in [4.78, 5) is 13.4. The van der Waals surface area contributed by atoms with Crippen molar-refractivity contribution < 1.29 is 0 Å². The third-order valence-corrected chi connectivity index (χ3v) is 4.67. The summed E-state index contributed by atoms with van der Waals surface area (Å²) in [5.74, 6) is 1.41. The van der Waals surface area contributed by atoms with Gasteiger partial charge in [-0.3, -0.25) is 4.98 Å². The van der Waals surface area contributed by atoms with Crippen LogP contribution in [0.5, 0.6) is 0 Å². The molecule has 0 aliphatic heterocycles. The summed E-state index contributed by atoms with van der Waals surface area (Å²) in [6, 6.07) is 11.9. The van der Waals surface area contributed by atoms with E-state index in [9.17, 15) is 0 Å². The van der Waals surface area contributed by atoms with Crippen LogP contribution in [0, 0.1) is 0 Å². The predicted molar refractivity (Wildman–Crippen MR) is 107 cm³/mol. The van der Waals surface area contributed by atoms with Crippen LogP contribution in [0.25, 0.3) is 10.9 Å². The molecule has 0 radical (unpaired) electrons. The Morgan fingerprint density at radius 1 is 0.962 bits per heavy atom. The second-order valence-electron chi connectivity index (χ2n) is 6.56. The van der Waals surface area contributed by atoms with Crippen molar-refractivity contribution in [3.05, 3.63) is 60.4 Å². The van der Waals surface area contributed by atoms with Gasteiger partial charge in [-0.1, -0.05) is 29.8 Å². The van der Waals surface area contributed by atoms with E-state index in [1.807, 2.05) is 36.4 Å². The maximum atomic E-state index is 4.58. The molecule has 0 atom stereocenters. The molecule has 4 rings (SSSR count). The quantitative estimate of drug-likeness (QED) is 0.611. The van der Waals surface area contributed by atoms with Gasteiger partial charge in [0, 0.05) is 24.3 Å². The van der Waals surface area contributed by atoms with Gasteiger partial charge < -0.3 is 10.6 Å². The number of rotatable bonds is 6. The number of allylic oxidation sites excluding steroid dienone is 1. The van der Waals surface area contributed by atoms with Crippen LogP contribution in [0.3, 0.4) is 0 Å². The van der Waals surface area contributed by atoms with Gasteiger partial charge >= 0.3 is 0 Å². The van der Waals surface area contributed by atoms with Gasteiger partial charge in [0.05, 0.1) is 11.2 Å². The Bertz CT molecular complexity index is 914. The Morgan fingerprint density at radius 3 is 2.85 bits per heavy atom. The lowest BCUT2D eigenvalue weighted by molar-refractivity contribution is 0.679. The van der Waals surface area contributed by atoms with Gasteiger partial charge in [-0.2, -0.15) is 4.98 Å². The van der Waals surface area contributed by atoms with Crippen LogP contribution < -0.4 is 10.6 Å². The van der Waals surface area contributed by atoms with Gasteiger partial charge in [-0.25, -0.2) is 4.98 Å². The van der Waals surface area contributed by atoms with Crippen molar-refractivity contribution in [2.24, 2.45) is 0 Å². The molecule has 132 valence electrons. The molecule has 1 aliphatic rings. The number of hydrogen-bond donors (Lipinski definition) is 2. The summed E-state index contributed by atoms with van der Waals surface area (Å²) < 4.78 is 0. The highest BCUT2D eigenvalue weighted by molar-refractivity contribution is 5.91.